The van der Waals surface area contributed by atoms with Crippen LogP contribution in [0.5, 0.6) is 0 Å². The summed E-state index contributed by atoms with van der Waals surface area (Å²) in [6.45, 7) is 10.7. The van der Waals surface area contributed by atoms with Crippen LogP contribution in [0.4, 0.5) is 0 Å². The van der Waals surface area contributed by atoms with Crippen molar-refractivity contribution in [1.82, 2.24) is 10.2 Å². The highest BCUT2D eigenvalue weighted by Gasteiger charge is 2.33. The first-order chi connectivity index (χ1) is 13.1. The van der Waals surface area contributed by atoms with E-state index in [1.165, 1.54) is 19.3 Å². The minimum Gasteiger partial charge on any atom is -0.466 e. The highest BCUT2D eigenvalue weighted by atomic mass is 127. The van der Waals surface area contributed by atoms with Crippen LogP contribution in [-0.4, -0.2) is 61.8 Å². The van der Waals surface area contributed by atoms with Gasteiger partial charge >= 0.3 is 5.97 Å². The molecule has 0 atom stereocenters. The van der Waals surface area contributed by atoms with E-state index in [9.17, 15) is 4.79 Å². The number of likely N-dealkylation sites (tertiary alicyclic amines) is 1. The molecule has 2 rings (SSSR count). The zero-order valence-electron chi connectivity index (χ0n) is 18.0. The first-order valence-corrected chi connectivity index (χ1v) is 11.0. The van der Waals surface area contributed by atoms with E-state index in [1.54, 1.807) is 0 Å². The molecule has 0 unspecified atom stereocenters. The Morgan fingerprint density at radius 1 is 1.14 bits per heavy atom. The predicted molar refractivity (Wildman–Crippen MR) is 124 cm³/mol. The molecular formula is C21H40IN3O3. The fraction of sp³-hybridized carbons (Fsp3) is 0.905. The average molecular weight is 509 g/mol. The lowest BCUT2D eigenvalue weighted by molar-refractivity contribution is -0.149. The van der Waals surface area contributed by atoms with Gasteiger partial charge in [0.25, 0.3) is 0 Å². The Morgan fingerprint density at radius 2 is 1.82 bits per heavy atom. The largest absolute Gasteiger partial charge is 0.466 e. The minimum atomic E-state index is -0.0851. The zero-order valence-corrected chi connectivity index (χ0v) is 20.3. The summed E-state index contributed by atoms with van der Waals surface area (Å²) in [5, 5.41) is 3.44. The molecule has 6 nitrogen and oxygen atoms in total. The summed E-state index contributed by atoms with van der Waals surface area (Å²) in [4.78, 5) is 19.2. The number of carbonyl (C=O) groups is 1. The highest BCUT2D eigenvalue weighted by molar-refractivity contribution is 14.0. The molecule has 28 heavy (non-hydrogen) atoms. The van der Waals surface area contributed by atoms with Crippen molar-refractivity contribution < 1.29 is 14.3 Å². The van der Waals surface area contributed by atoms with Crippen LogP contribution >= 0.6 is 24.0 Å². The van der Waals surface area contributed by atoms with Crippen molar-refractivity contribution in [1.29, 1.82) is 0 Å². The molecule has 0 aromatic carbocycles. The molecule has 0 aromatic rings. The van der Waals surface area contributed by atoms with Gasteiger partial charge in [-0.3, -0.25) is 9.79 Å². The average Bonchev–Trinajstić information content (AvgIpc) is 2.71. The van der Waals surface area contributed by atoms with Gasteiger partial charge in [0.05, 0.1) is 24.7 Å². The van der Waals surface area contributed by atoms with Crippen molar-refractivity contribution >= 4 is 35.9 Å². The zero-order chi connectivity index (χ0) is 19.5. The summed E-state index contributed by atoms with van der Waals surface area (Å²) >= 11 is 0. The van der Waals surface area contributed by atoms with Gasteiger partial charge in [0.2, 0.25) is 0 Å². The van der Waals surface area contributed by atoms with Gasteiger partial charge in [-0.05, 0) is 46.0 Å². The van der Waals surface area contributed by atoms with Crippen molar-refractivity contribution in [3.05, 3.63) is 0 Å². The number of halogens is 1. The van der Waals surface area contributed by atoms with Crippen molar-refractivity contribution in [2.24, 2.45) is 10.9 Å². The van der Waals surface area contributed by atoms with Gasteiger partial charge in [0, 0.05) is 26.2 Å². The first-order valence-electron chi connectivity index (χ1n) is 11.0. The monoisotopic (exact) mass is 509 g/mol. The number of ether oxygens (including phenoxy) is 2. The van der Waals surface area contributed by atoms with Crippen LogP contribution in [-0.2, 0) is 14.3 Å². The molecule has 0 amide bonds. The van der Waals surface area contributed by atoms with Gasteiger partial charge in [0.15, 0.2) is 5.96 Å². The third kappa shape index (κ3) is 7.69. The van der Waals surface area contributed by atoms with Crippen LogP contribution in [0.2, 0.25) is 0 Å². The van der Waals surface area contributed by atoms with Crippen LogP contribution in [0, 0.1) is 5.92 Å². The third-order valence-corrected chi connectivity index (χ3v) is 5.64. The van der Waals surface area contributed by atoms with Crippen molar-refractivity contribution in [3.63, 3.8) is 0 Å². The number of nitrogens with zero attached hydrogens (tertiary/aromatic N) is 2. The van der Waals surface area contributed by atoms with E-state index >= 15 is 0 Å². The number of aliphatic imine (C=N–C) groups is 1. The molecule has 0 bridgehead atoms. The van der Waals surface area contributed by atoms with Crippen molar-refractivity contribution in [2.75, 3.05) is 39.4 Å². The van der Waals surface area contributed by atoms with E-state index in [1.807, 2.05) is 6.92 Å². The van der Waals surface area contributed by atoms with Crippen LogP contribution in [0.1, 0.15) is 72.1 Å². The van der Waals surface area contributed by atoms with Gasteiger partial charge < -0.3 is 19.7 Å². The molecular weight excluding hydrogens is 469 g/mol. The Labute approximate surface area is 188 Å². The Bertz CT molecular complexity index is 474. The fourth-order valence-corrected chi connectivity index (χ4v) is 4.09. The first kappa shape index (κ1) is 25.5. The summed E-state index contributed by atoms with van der Waals surface area (Å²) in [5.74, 6) is 0.944. The Morgan fingerprint density at radius 3 is 2.39 bits per heavy atom. The smallest absolute Gasteiger partial charge is 0.309 e. The lowest BCUT2D eigenvalue weighted by Crippen LogP contribution is -2.48. The second kappa shape index (κ2) is 13.6. The second-order valence-electron chi connectivity index (χ2n) is 7.78. The van der Waals surface area contributed by atoms with Crippen LogP contribution in [0.3, 0.4) is 0 Å². The number of hydrogen-bond acceptors (Lipinski definition) is 4. The molecule has 0 spiro atoms. The summed E-state index contributed by atoms with van der Waals surface area (Å²) in [6, 6.07) is 0. The molecule has 1 saturated carbocycles. The number of rotatable bonds is 8. The predicted octanol–water partition coefficient (Wildman–Crippen LogP) is 3.97. The number of nitrogens with one attached hydrogen (secondary N) is 1. The number of carbonyl (C=O) groups excluding carboxylic acids is 1. The SMILES string of the molecule is CCCOC1(CN=C(NCC)N2CCC(C(=O)OCC)CC2)CCCCC1.I. The summed E-state index contributed by atoms with van der Waals surface area (Å²) in [5.41, 5.74) is -0.0851. The van der Waals surface area contributed by atoms with Crippen LogP contribution < -0.4 is 5.32 Å². The topological polar surface area (TPSA) is 63.2 Å². The summed E-state index contributed by atoms with van der Waals surface area (Å²) in [6.07, 6.45) is 8.72. The van der Waals surface area contributed by atoms with Crippen LogP contribution in [0.15, 0.2) is 4.99 Å². The number of guanidine groups is 1. The van der Waals surface area contributed by atoms with Crippen molar-refractivity contribution in [3.8, 4) is 0 Å². The Hall–Kier alpha value is -0.570. The maximum atomic E-state index is 12.0. The fourth-order valence-electron chi connectivity index (χ4n) is 4.09. The highest BCUT2D eigenvalue weighted by Crippen LogP contribution is 2.32. The lowest BCUT2D eigenvalue weighted by atomic mass is 9.84. The molecule has 1 heterocycles. The van der Waals surface area contributed by atoms with E-state index in [0.717, 1.165) is 70.8 Å². The molecule has 1 saturated heterocycles. The lowest BCUT2D eigenvalue weighted by Gasteiger charge is -2.37. The van der Waals surface area contributed by atoms with E-state index in [-0.39, 0.29) is 41.5 Å². The Balaban J connectivity index is 0.00000392. The maximum Gasteiger partial charge on any atom is 0.309 e. The number of hydrogen-bond donors (Lipinski definition) is 1. The van der Waals surface area contributed by atoms with Gasteiger partial charge in [-0.25, -0.2) is 0 Å². The van der Waals surface area contributed by atoms with Gasteiger partial charge in [-0.15, -0.1) is 24.0 Å². The molecule has 1 aliphatic heterocycles. The number of esters is 1. The van der Waals surface area contributed by atoms with Gasteiger partial charge in [-0.2, -0.15) is 0 Å². The molecule has 7 heteroatoms. The van der Waals surface area contributed by atoms with Crippen LogP contribution in [0.25, 0.3) is 0 Å². The summed E-state index contributed by atoms with van der Waals surface area (Å²) < 4.78 is 11.5. The molecule has 164 valence electrons. The third-order valence-electron chi connectivity index (χ3n) is 5.64. The molecule has 2 aliphatic rings. The van der Waals surface area contributed by atoms with E-state index < -0.39 is 0 Å². The molecule has 1 N–H and O–H groups in total. The molecule has 0 aromatic heterocycles. The van der Waals surface area contributed by atoms with Crippen molar-refractivity contribution in [2.45, 2.75) is 77.7 Å². The maximum absolute atomic E-state index is 12.0. The number of piperidine rings is 1. The Kier molecular flexibility index (Phi) is 12.4. The normalized spacial score (nSPS) is 20.4. The van der Waals surface area contributed by atoms with E-state index in [0.29, 0.717) is 6.61 Å². The van der Waals surface area contributed by atoms with Gasteiger partial charge in [0.1, 0.15) is 0 Å². The quantitative estimate of drug-likeness (QED) is 0.232. The van der Waals surface area contributed by atoms with E-state index in [4.69, 9.17) is 14.5 Å². The van der Waals surface area contributed by atoms with E-state index in [2.05, 4.69) is 24.1 Å². The molecule has 2 fully saturated rings. The molecule has 1 aliphatic carbocycles. The minimum absolute atomic E-state index is 0. The molecule has 0 radical (unpaired) electrons. The van der Waals surface area contributed by atoms with Gasteiger partial charge in [-0.1, -0.05) is 26.2 Å². The second-order valence-corrected chi connectivity index (χ2v) is 7.78. The standard InChI is InChI=1S/C21H39N3O3.HI/c1-4-16-27-21(12-8-7-9-13-21)17-23-20(22-5-2)24-14-10-18(11-15-24)19(25)26-6-3;/h18H,4-17H2,1-3H3,(H,22,23);1H. The summed E-state index contributed by atoms with van der Waals surface area (Å²) in [7, 11) is 0.